The number of fused-ring (bicyclic) bond motifs is 1. The molecule has 0 aliphatic heterocycles. The molecule has 0 saturated carbocycles. The zero-order chi connectivity index (χ0) is 20.6. The first-order valence-electron chi connectivity index (χ1n) is 8.74. The van der Waals surface area contributed by atoms with Crippen molar-refractivity contribution in [1.29, 1.82) is 0 Å². The Kier molecular flexibility index (Phi) is 4.89. The van der Waals surface area contributed by atoms with E-state index in [1.54, 1.807) is 12.3 Å². The topological polar surface area (TPSA) is 88.4 Å². The summed E-state index contributed by atoms with van der Waals surface area (Å²) in [6.07, 6.45) is 6.49. The van der Waals surface area contributed by atoms with E-state index in [1.165, 1.54) is 0 Å². The van der Waals surface area contributed by atoms with Crippen molar-refractivity contribution in [3.8, 4) is 11.3 Å². The van der Waals surface area contributed by atoms with Gasteiger partial charge < -0.3 is 9.72 Å². The molecule has 2 aromatic heterocycles. The molecular formula is C20H18ClN5O2S. The molecule has 2 N–H and O–H groups in total. The molecule has 4 rings (SSSR count). The maximum atomic E-state index is 11.6. The Bertz CT molecular complexity index is 1320. The summed E-state index contributed by atoms with van der Waals surface area (Å²) in [4.78, 5) is 9.07. The molecule has 0 aliphatic carbocycles. The number of nitrogens with zero attached hydrogens (tertiary/aromatic N) is 3. The fraction of sp³-hybridized carbons (Fsp3) is 0.100. The van der Waals surface area contributed by atoms with Crippen molar-refractivity contribution in [3.05, 3.63) is 71.6 Å². The smallest absolute Gasteiger partial charge is 0.229 e. The van der Waals surface area contributed by atoms with Crippen LogP contribution in [0.15, 0.2) is 61.1 Å². The molecule has 0 aliphatic rings. The van der Waals surface area contributed by atoms with E-state index < -0.39 is 10.0 Å². The second-order valence-electron chi connectivity index (χ2n) is 6.64. The number of aryl methyl sites for hydroxylation is 1. The Hall–Kier alpha value is -3.10. The number of anilines is 3. The molecule has 0 atom stereocenters. The van der Waals surface area contributed by atoms with Crippen LogP contribution in [0.1, 0.15) is 5.56 Å². The largest absolute Gasteiger partial charge is 0.337 e. The van der Waals surface area contributed by atoms with Gasteiger partial charge in [0.1, 0.15) is 0 Å². The maximum Gasteiger partial charge on any atom is 0.229 e. The number of rotatable bonds is 5. The Morgan fingerprint density at radius 3 is 2.69 bits per heavy atom. The number of halogens is 1. The van der Waals surface area contributed by atoms with Crippen LogP contribution < -0.4 is 10.0 Å². The van der Waals surface area contributed by atoms with Crippen LogP contribution in [-0.4, -0.2) is 29.0 Å². The lowest BCUT2D eigenvalue weighted by Crippen LogP contribution is -2.11. The van der Waals surface area contributed by atoms with Crippen molar-refractivity contribution in [1.82, 2.24) is 14.4 Å². The lowest BCUT2D eigenvalue weighted by atomic mass is 10.1. The predicted octanol–water partition coefficient (Wildman–Crippen LogP) is 4.47. The Balaban J connectivity index is 1.78. The van der Waals surface area contributed by atoms with Gasteiger partial charge in [-0.15, -0.1) is 0 Å². The average molecular weight is 428 g/mol. The van der Waals surface area contributed by atoms with Crippen molar-refractivity contribution in [2.75, 3.05) is 16.3 Å². The van der Waals surface area contributed by atoms with Crippen molar-refractivity contribution in [2.45, 2.75) is 6.92 Å². The van der Waals surface area contributed by atoms with Crippen LogP contribution in [-0.2, 0) is 10.0 Å². The van der Waals surface area contributed by atoms with E-state index in [0.717, 1.165) is 17.4 Å². The monoisotopic (exact) mass is 427 g/mol. The zero-order valence-electron chi connectivity index (χ0n) is 15.7. The predicted molar refractivity (Wildman–Crippen MR) is 116 cm³/mol. The van der Waals surface area contributed by atoms with Crippen LogP contribution in [0.2, 0.25) is 5.02 Å². The van der Waals surface area contributed by atoms with Crippen LogP contribution in [0.25, 0.3) is 16.9 Å². The molecule has 0 spiro atoms. The van der Waals surface area contributed by atoms with Gasteiger partial charge in [0.15, 0.2) is 11.5 Å². The van der Waals surface area contributed by atoms with Crippen LogP contribution in [0.3, 0.4) is 0 Å². The minimum Gasteiger partial charge on any atom is -0.337 e. The van der Waals surface area contributed by atoms with Gasteiger partial charge in [0.2, 0.25) is 10.0 Å². The molecule has 0 radical (unpaired) electrons. The number of nitrogens with one attached hydrogen (secondary N) is 2. The number of hydrogen-bond acceptors (Lipinski definition) is 5. The normalized spacial score (nSPS) is 11.6. The van der Waals surface area contributed by atoms with Crippen molar-refractivity contribution in [2.24, 2.45) is 0 Å². The van der Waals surface area contributed by atoms with Gasteiger partial charge in [0.25, 0.3) is 0 Å². The summed E-state index contributed by atoms with van der Waals surface area (Å²) in [6, 6.07) is 12.9. The fourth-order valence-corrected chi connectivity index (χ4v) is 3.81. The van der Waals surface area contributed by atoms with Gasteiger partial charge in [-0.2, -0.15) is 0 Å². The Labute approximate surface area is 173 Å². The molecule has 29 heavy (non-hydrogen) atoms. The first-order chi connectivity index (χ1) is 13.8. The second kappa shape index (κ2) is 7.38. The average Bonchev–Trinajstić information content (AvgIpc) is 3.12. The van der Waals surface area contributed by atoms with Gasteiger partial charge in [0, 0.05) is 29.8 Å². The fourth-order valence-electron chi connectivity index (χ4n) is 2.96. The first-order valence-corrected chi connectivity index (χ1v) is 11.0. The molecule has 0 amide bonds. The van der Waals surface area contributed by atoms with E-state index in [2.05, 4.69) is 15.0 Å². The zero-order valence-corrected chi connectivity index (χ0v) is 17.3. The lowest BCUT2D eigenvalue weighted by Gasteiger charge is -2.13. The number of benzene rings is 2. The SMILES string of the molecule is Cc1ccc(Nc2nc(-c3ccccc3Cl)cn3ccnc23)cc1NS(C)(=O)=O. The maximum absolute atomic E-state index is 11.6. The molecule has 2 aromatic carbocycles. The Morgan fingerprint density at radius 2 is 1.93 bits per heavy atom. The standard InChI is InChI=1S/C20H18ClN5O2S/c1-13-7-8-14(11-17(13)25-29(2,27)28)23-19-20-22-9-10-26(20)12-18(24-19)15-5-3-4-6-16(15)21/h3-12,25H,1-2H3,(H,23,24). The summed E-state index contributed by atoms with van der Waals surface area (Å²) in [5.74, 6) is 0.529. The van der Waals surface area contributed by atoms with Gasteiger partial charge in [-0.25, -0.2) is 18.4 Å². The van der Waals surface area contributed by atoms with Gasteiger partial charge in [-0.05, 0) is 30.7 Å². The lowest BCUT2D eigenvalue weighted by molar-refractivity contribution is 0.607. The summed E-state index contributed by atoms with van der Waals surface area (Å²) in [5.41, 5.74) is 4.11. The third-order valence-electron chi connectivity index (χ3n) is 4.32. The quantitative estimate of drug-likeness (QED) is 0.490. The number of imidazole rings is 1. The molecule has 2 heterocycles. The van der Waals surface area contributed by atoms with Gasteiger partial charge >= 0.3 is 0 Å². The summed E-state index contributed by atoms with van der Waals surface area (Å²) >= 11 is 6.35. The highest BCUT2D eigenvalue weighted by Crippen LogP contribution is 2.30. The van der Waals surface area contributed by atoms with Gasteiger partial charge in [0.05, 0.1) is 22.7 Å². The van der Waals surface area contributed by atoms with E-state index in [9.17, 15) is 8.42 Å². The third-order valence-corrected chi connectivity index (χ3v) is 5.24. The van der Waals surface area contributed by atoms with Gasteiger partial charge in [-0.3, -0.25) is 4.72 Å². The number of hydrogen-bond donors (Lipinski definition) is 2. The van der Waals surface area contributed by atoms with Crippen LogP contribution in [0.5, 0.6) is 0 Å². The molecule has 9 heteroatoms. The molecule has 0 fully saturated rings. The third kappa shape index (κ3) is 4.18. The first kappa shape index (κ1) is 19.2. The molecule has 0 saturated heterocycles. The number of aromatic nitrogens is 3. The number of sulfonamides is 1. The minimum absolute atomic E-state index is 0.499. The second-order valence-corrected chi connectivity index (χ2v) is 8.80. The van der Waals surface area contributed by atoms with Crippen molar-refractivity contribution < 1.29 is 8.42 Å². The van der Waals surface area contributed by atoms with E-state index in [0.29, 0.717) is 33.6 Å². The van der Waals surface area contributed by atoms with Crippen LogP contribution in [0.4, 0.5) is 17.2 Å². The van der Waals surface area contributed by atoms with Crippen LogP contribution >= 0.6 is 11.6 Å². The molecule has 148 valence electrons. The highest BCUT2D eigenvalue weighted by Gasteiger charge is 2.13. The summed E-state index contributed by atoms with van der Waals surface area (Å²) in [6.45, 7) is 1.83. The highest BCUT2D eigenvalue weighted by molar-refractivity contribution is 7.92. The molecule has 7 nitrogen and oxygen atoms in total. The summed E-state index contributed by atoms with van der Waals surface area (Å²) < 4.78 is 27.6. The van der Waals surface area contributed by atoms with E-state index >= 15 is 0 Å². The highest BCUT2D eigenvalue weighted by atomic mass is 35.5. The van der Waals surface area contributed by atoms with Crippen LogP contribution in [0, 0.1) is 6.92 Å². The molecule has 0 unspecified atom stereocenters. The molecule has 4 aromatic rings. The minimum atomic E-state index is -3.39. The van der Waals surface area contributed by atoms with Crippen molar-refractivity contribution in [3.63, 3.8) is 0 Å². The Morgan fingerprint density at radius 1 is 1.14 bits per heavy atom. The summed E-state index contributed by atoms with van der Waals surface area (Å²) in [5, 5.41) is 3.84. The van der Waals surface area contributed by atoms with Crippen molar-refractivity contribution >= 4 is 44.5 Å². The molecular weight excluding hydrogens is 410 g/mol. The van der Waals surface area contributed by atoms with Gasteiger partial charge in [-0.1, -0.05) is 35.9 Å². The summed E-state index contributed by atoms with van der Waals surface area (Å²) in [7, 11) is -3.39. The van der Waals surface area contributed by atoms with E-state index in [-0.39, 0.29) is 0 Å². The van der Waals surface area contributed by atoms with E-state index in [4.69, 9.17) is 16.6 Å². The van der Waals surface area contributed by atoms with E-state index in [1.807, 2.05) is 60.1 Å². The molecule has 0 bridgehead atoms.